The number of methoxy groups -OCH3 is 2. The summed E-state index contributed by atoms with van der Waals surface area (Å²) in [4.78, 5) is 25.3. The van der Waals surface area contributed by atoms with Gasteiger partial charge < -0.3 is 28.1 Å². The second-order valence-electron chi connectivity index (χ2n) is 7.17. The highest BCUT2D eigenvalue weighted by Crippen LogP contribution is 2.34. The van der Waals surface area contributed by atoms with E-state index < -0.39 is 11.6 Å². The quantitative estimate of drug-likeness (QED) is 0.253. The van der Waals surface area contributed by atoms with E-state index in [1.54, 1.807) is 61.7 Å². The molecule has 0 radical (unpaired) electrons. The van der Waals surface area contributed by atoms with Crippen molar-refractivity contribution in [3.8, 4) is 39.9 Å². The molecule has 4 aromatic rings. The minimum Gasteiger partial charge on any atom is -0.497 e. The van der Waals surface area contributed by atoms with Gasteiger partial charge in [-0.15, -0.1) is 0 Å². The lowest BCUT2D eigenvalue weighted by Gasteiger charge is -2.11. The topological polar surface area (TPSA) is 93.4 Å². The van der Waals surface area contributed by atoms with E-state index in [-0.39, 0.29) is 18.1 Å². The van der Waals surface area contributed by atoms with E-state index in [0.717, 1.165) is 0 Å². The molecule has 0 bridgehead atoms. The van der Waals surface area contributed by atoms with Crippen molar-refractivity contribution in [3.05, 3.63) is 76.6 Å². The van der Waals surface area contributed by atoms with E-state index in [1.165, 1.54) is 13.2 Å². The average molecular weight is 446 g/mol. The first kappa shape index (κ1) is 20.4. The molecule has 0 unspecified atom stereocenters. The van der Waals surface area contributed by atoms with Crippen LogP contribution in [0.25, 0.3) is 22.1 Å². The molecule has 0 fully saturated rings. The zero-order chi connectivity index (χ0) is 22.9. The summed E-state index contributed by atoms with van der Waals surface area (Å²) in [6, 6.07) is 16.5. The second kappa shape index (κ2) is 8.23. The highest BCUT2D eigenvalue weighted by atomic mass is 16.7. The molecule has 3 aromatic carbocycles. The fraction of sp³-hybridized carbons (Fsp3) is 0.120. The van der Waals surface area contributed by atoms with Crippen molar-refractivity contribution in [1.82, 2.24) is 0 Å². The molecule has 5 rings (SSSR count). The van der Waals surface area contributed by atoms with Gasteiger partial charge in [-0.3, -0.25) is 0 Å². The molecule has 2 heterocycles. The Bertz CT molecular complexity index is 1440. The normalized spacial score (nSPS) is 11.9. The Labute approximate surface area is 187 Å². The predicted molar refractivity (Wildman–Crippen MR) is 119 cm³/mol. The fourth-order valence-electron chi connectivity index (χ4n) is 3.56. The maximum Gasteiger partial charge on any atom is 0.344 e. The van der Waals surface area contributed by atoms with Crippen LogP contribution in [0.4, 0.5) is 0 Å². The first-order valence-corrected chi connectivity index (χ1v) is 9.98. The Morgan fingerprint density at radius 3 is 2.45 bits per heavy atom. The van der Waals surface area contributed by atoms with E-state index in [2.05, 4.69) is 0 Å². The number of rotatable bonds is 5. The van der Waals surface area contributed by atoms with E-state index in [0.29, 0.717) is 45.1 Å². The Kier molecular flexibility index (Phi) is 5.10. The second-order valence-corrected chi connectivity index (χ2v) is 7.17. The molecule has 1 aromatic heterocycles. The van der Waals surface area contributed by atoms with Crippen LogP contribution in [0.15, 0.2) is 69.9 Å². The van der Waals surface area contributed by atoms with E-state index in [4.69, 9.17) is 28.1 Å². The highest BCUT2D eigenvalue weighted by molar-refractivity contribution is 5.92. The molecule has 166 valence electrons. The minimum absolute atomic E-state index is 0.112. The Morgan fingerprint density at radius 1 is 0.818 bits per heavy atom. The zero-order valence-corrected chi connectivity index (χ0v) is 17.7. The number of hydrogen-bond donors (Lipinski definition) is 0. The number of carbonyl (C=O) groups is 1. The van der Waals surface area contributed by atoms with Crippen molar-refractivity contribution in [2.24, 2.45) is 0 Å². The van der Waals surface area contributed by atoms with Crippen LogP contribution in [-0.2, 0) is 0 Å². The van der Waals surface area contributed by atoms with Crippen molar-refractivity contribution in [1.29, 1.82) is 0 Å². The van der Waals surface area contributed by atoms with Gasteiger partial charge in [0.1, 0.15) is 22.8 Å². The number of carbonyl (C=O) groups excluding carboxylic acids is 1. The maximum atomic E-state index is 12.8. The van der Waals surface area contributed by atoms with Crippen LogP contribution in [0.5, 0.6) is 28.7 Å². The number of hydrogen-bond acceptors (Lipinski definition) is 8. The zero-order valence-electron chi connectivity index (χ0n) is 17.7. The summed E-state index contributed by atoms with van der Waals surface area (Å²) in [7, 11) is 3.07. The van der Waals surface area contributed by atoms with Gasteiger partial charge >= 0.3 is 11.6 Å². The van der Waals surface area contributed by atoms with Crippen LogP contribution in [0.1, 0.15) is 10.4 Å². The number of fused-ring (bicyclic) bond motifs is 2. The van der Waals surface area contributed by atoms with Gasteiger partial charge in [-0.1, -0.05) is 0 Å². The highest BCUT2D eigenvalue weighted by Gasteiger charge is 2.18. The summed E-state index contributed by atoms with van der Waals surface area (Å²) in [6.07, 6.45) is 0. The number of ether oxygens (including phenoxy) is 5. The standard InChI is InChI=1S/C25H18O8/c1-28-16-6-8-20(29-2)18(11-16)19-9-14-3-5-17(12-22(14)33-25(19)27)32-24(26)15-4-7-21-23(10-15)31-13-30-21/h3-12H,13H2,1-2H3. The molecule has 8 heteroatoms. The molecule has 0 atom stereocenters. The lowest BCUT2D eigenvalue weighted by Crippen LogP contribution is -2.08. The minimum atomic E-state index is -0.576. The third kappa shape index (κ3) is 3.82. The molecule has 1 aliphatic rings. The molecule has 0 saturated carbocycles. The summed E-state index contributed by atoms with van der Waals surface area (Å²) >= 11 is 0. The monoisotopic (exact) mass is 446 g/mol. The summed E-state index contributed by atoms with van der Waals surface area (Å²) in [6.45, 7) is 0.112. The van der Waals surface area contributed by atoms with Crippen LogP contribution >= 0.6 is 0 Å². The van der Waals surface area contributed by atoms with Crippen molar-refractivity contribution in [2.45, 2.75) is 0 Å². The van der Waals surface area contributed by atoms with Crippen molar-refractivity contribution in [3.63, 3.8) is 0 Å². The molecule has 0 aliphatic carbocycles. The third-order valence-electron chi connectivity index (χ3n) is 5.22. The van der Waals surface area contributed by atoms with E-state index in [9.17, 15) is 9.59 Å². The van der Waals surface area contributed by atoms with Crippen LogP contribution in [0.2, 0.25) is 0 Å². The third-order valence-corrected chi connectivity index (χ3v) is 5.22. The molecule has 0 amide bonds. The lowest BCUT2D eigenvalue weighted by atomic mass is 10.0. The number of esters is 1. The molecule has 33 heavy (non-hydrogen) atoms. The Hall–Kier alpha value is -4.46. The van der Waals surface area contributed by atoms with E-state index >= 15 is 0 Å². The molecule has 0 saturated heterocycles. The lowest BCUT2D eigenvalue weighted by molar-refractivity contribution is 0.0734. The van der Waals surface area contributed by atoms with Gasteiger partial charge in [-0.05, 0) is 54.6 Å². The van der Waals surface area contributed by atoms with Crippen LogP contribution in [-0.4, -0.2) is 27.0 Å². The van der Waals surface area contributed by atoms with Gasteiger partial charge in [0.05, 0.1) is 25.3 Å². The van der Waals surface area contributed by atoms with E-state index in [1.807, 2.05) is 0 Å². The van der Waals surface area contributed by atoms with Gasteiger partial charge in [0.25, 0.3) is 0 Å². The van der Waals surface area contributed by atoms with Crippen molar-refractivity contribution < 1.29 is 32.9 Å². The Balaban J connectivity index is 1.46. The van der Waals surface area contributed by atoms with Crippen molar-refractivity contribution in [2.75, 3.05) is 21.0 Å². The van der Waals surface area contributed by atoms with Gasteiger partial charge in [0.15, 0.2) is 11.5 Å². The summed E-state index contributed by atoms with van der Waals surface area (Å²) < 4.78 is 32.2. The molecular weight excluding hydrogens is 428 g/mol. The largest absolute Gasteiger partial charge is 0.497 e. The van der Waals surface area contributed by atoms with Gasteiger partial charge in [0.2, 0.25) is 6.79 Å². The van der Waals surface area contributed by atoms with Crippen LogP contribution in [0.3, 0.4) is 0 Å². The average Bonchev–Trinajstić information content (AvgIpc) is 3.31. The molecule has 8 nitrogen and oxygen atoms in total. The first-order valence-electron chi connectivity index (χ1n) is 9.98. The fourth-order valence-corrected chi connectivity index (χ4v) is 3.56. The SMILES string of the molecule is COc1ccc(OC)c(-c2cc3ccc(OC(=O)c4ccc5c(c4)OCO5)cc3oc2=O)c1. The molecule has 1 aliphatic heterocycles. The van der Waals surface area contributed by atoms with Gasteiger partial charge in [-0.2, -0.15) is 0 Å². The first-order chi connectivity index (χ1) is 16.1. The summed E-state index contributed by atoms with van der Waals surface area (Å²) in [5.74, 6) is 1.80. The van der Waals surface area contributed by atoms with Crippen molar-refractivity contribution >= 4 is 16.9 Å². The summed E-state index contributed by atoms with van der Waals surface area (Å²) in [5.41, 5.74) is 0.894. The number of benzene rings is 3. The molecule has 0 spiro atoms. The maximum absolute atomic E-state index is 12.8. The molecular formula is C25H18O8. The predicted octanol–water partition coefficient (Wildman–Crippen LogP) is 4.43. The van der Waals surface area contributed by atoms with Crippen LogP contribution < -0.4 is 29.3 Å². The van der Waals surface area contributed by atoms with Gasteiger partial charge in [0, 0.05) is 17.0 Å². The van der Waals surface area contributed by atoms with Gasteiger partial charge in [-0.25, -0.2) is 9.59 Å². The Morgan fingerprint density at radius 2 is 1.64 bits per heavy atom. The molecule has 0 N–H and O–H groups in total. The van der Waals surface area contributed by atoms with Crippen LogP contribution in [0, 0.1) is 0 Å². The smallest absolute Gasteiger partial charge is 0.344 e. The summed E-state index contributed by atoms with van der Waals surface area (Å²) in [5, 5.41) is 0.650.